The summed E-state index contributed by atoms with van der Waals surface area (Å²) in [5, 5.41) is 4.54. The van der Waals surface area contributed by atoms with E-state index in [0.29, 0.717) is 5.84 Å². The van der Waals surface area contributed by atoms with E-state index in [4.69, 9.17) is 9.41 Å². The average molecular weight is 470 g/mol. The van der Waals surface area contributed by atoms with Crippen molar-refractivity contribution in [3.05, 3.63) is 99.8 Å². The third kappa shape index (κ3) is 5.99. The number of hydrogen-bond donors (Lipinski definition) is 1. The van der Waals surface area contributed by atoms with Gasteiger partial charge in [0, 0.05) is 17.0 Å². The average Bonchev–Trinajstić information content (AvgIpc) is 3.49. The Morgan fingerprint density at radius 1 is 0.971 bits per heavy atom. The molecule has 2 aromatic carbocycles. The van der Waals surface area contributed by atoms with Crippen LogP contribution in [0.1, 0.15) is 39.1 Å². The molecule has 0 bridgehead atoms. The summed E-state index contributed by atoms with van der Waals surface area (Å²) in [6.45, 7) is 11.8. The number of thiophene rings is 1. The maximum absolute atomic E-state index is 5.16. The fraction of sp³-hybridized carbons (Fsp3) is 0.241. The molecule has 0 aliphatic rings. The second kappa shape index (κ2) is 11.2. The van der Waals surface area contributed by atoms with Crippen molar-refractivity contribution in [2.45, 2.75) is 40.2 Å². The zero-order valence-electron chi connectivity index (χ0n) is 20.1. The molecular weight excluding hydrogens is 438 g/mol. The summed E-state index contributed by atoms with van der Waals surface area (Å²) in [6.07, 6.45) is 5.40. The fourth-order valence-corrected chi connectivity index (χ4v) is 4.78. The van der Waals surface area contributed by atoms with E-state index in [1.807, 2.05) is 6.07 Å². The highest BCUT2D eigenvalue weighted by molar-refractivity contribution is 7.16. The van der Waals surface area contributed by atoms with Gasteiger partial charge in [0.25, 0.3) is 0 Å². The second-order valence-electron chi connectivity index (χ2n) is 8.57. The molecule has 4 aromatic rings. The number of nitrogens with zero attached hydrogens (tertiary/aromatic N) is 2. The summed E-state index contributed by atoms with van der Waals surface area (Å²) in [5.41, 5.74) is 8.61. The molecule has 4 nitrogen and oxygen atoms in total. The Hall–Kier alpha value is -3.28. The lowest BCUT2D eigenvalue weighted by molar-refractivity contribution is 0.567. The van der Waals surface area contributed by atoms with Crippen molar-refractivity contribution in [3.63, 3.8) is 0 Å². The van der Waals surface area contributed by atoms with Gasteiger partial charge in [-0.15, -0.1) is 11.3 Å². The molecule has 174 valence electrons. The molecule has 2 aromatic heterocycles. The van der Waals surface area contributed by atoms with Gasteiger partial charge in [-0.3, -0.25) is 0 Å². The number of rotatable bonds is 9. The predicted molar refractivity (Wildman–Crippen MR) is 145 cm³/mol. The molecule has 0 radical (unpaired) electrons. The lowest BCUT2D eigenvalue weighted by atomic mass is 9.99. The predicted octanol–water partition coefficient (Wildman–Crippen LogP) is 7.43. The van der Waals surface area contributed by atoms with Crippen LogP contribution in [-0.4, -0.2) is 19.1 Å². The Kier molecular flexibility index (Phi) is 7.88. The Labute approximate surface area is 206 Å². The van der Waals surface area contributed by atoms with Gasteiger partial charge in [0.15, 0.2) is 5.84 Å². The van der Waals surface area contributed by atoms with Crippen LogP contribution in [0.15, 0.2) is 81.5 Å². The van der Waals surface area contributed by atoms with Crippen molar-refractivity contribution in [2.75, 3.05) is 6.54 Å². The van der Waals surface area contributed by atoms with Gasteiger partial charge in [-0.25, -0.2) is 9.98 Å². The minimum Gasteiger partial charge on any atom is -0.472 e. The summed E-state index contributed by atoms with van der Waals surface area (Å²) < 4.78 is 5.16. The maximum atomic E-state index is 5.16. The smallest absolute Gasteiger partial charge is 0.163 e. The van der Waals surface area contributed by atoms with Gasteiger partial charge < -0.3 is 9.73 Å². The van der Waals surface area contributed by atoms with E-state index in [9.17, 15) is 0 Å². The second-order valence-corrected chi connectivity index (χ2v) is 9.80. The first-order chi connectivity index (χ1) is 16.5. The van der Waals surface area contributed by atoms with Gasteiger partial charge in [-0.05, 0) is 86.8 Å². The molecule has 5 heteroatoms. The van der Waals surface area contributed by atoms with Crippen molar-refractivity contribution in [2.24, 2.45) is 9.98 Å². The Balaban J connectivity index is 1.29. The quantitative estimate of drug-likeness (QED) is 0.157. The Bertz CT molecular complexity index is 1270. The summed E-state index contributed by atoms with van der Waals surface area (Å²) in [5.74, 6) is 0.584. The number of aliphatic imine (C=N–C) groups is 2. The summed E-state index contributed by atoms with van der Waals surface area (Å²) in [4.78, 5) is 10.0. The van der Waals surface area contributed by atoms with Crippen LogP contribution in [-0.2, 0) is 13.0 Å². The molecule has 2 heterocycles. The number of aryl methyl sites for hydroxylation is 4. The highest BCUT2D eigenvalue weighted by atomic mass is 32.1. The summed E-state index contributed by atoms with van der Waals surface area (Å²) in [7, 11) is 0. The highest BCUT2D eigenvalue weighted by Gasteiger charge is 2.09. The standard InChI is InChI=1S/C29H31N3OS/c1-20-7-10-25(16-21(20)2)24-11-8-23(9-12-24)6-5-14-31-18-27-17-22(3)34-29(27)32-28(30-4)26-13-15-33-19-26/h7-13,15-17,19,31H,4-6,14,18H2,1-3H3/b32-28-. The minimum absolute atomic E-state index is 0.584. The van der Waals surface area contributed by atoms with Gasteiger partial charge in [0.2, 0.25) is 0 Å². The normalized spacial score (nSPS) is 11.7. The lowest BCUT2D eigenvalue weighted by Gasteiger charge is -2.08. The number of amidine groups is 1. The largest absolute Gasteiger partial charge is 0.472 e. The van der Waals surface area contributed by atoms with Crippen molar-refractivity contribution in [1.29, 1.82) is 0 Å². The van der Waals surface area contributed by atoms with E-state index in [1.165, 1.54) is 38.3 Å². The van der Waals surface area contributed by atoms with Gasteiger partial charge in [-0.1, -0.05) is 42.5 Å². The molecule has 4 rings (SSSR count). The molecular formula is C29H31N3OS. The lowest BCUT2D eigenvalue weighted by Crippen LogP contribution is -2.15. The van der Waals surface area contributed by atoms with E-state index >= 15 is 0 Å². The molecule has 1 N–H and O–H groups in total. The van der Waals surface area contributed by atoms with Crippen molar-refractivity contribution >= 4 is 28.9 Å². The van der Waals surface area contributed by atoms with Gasteiger partial charge in [0.1, 0.15) is 11.3 Å². The number of hydrogen-bond acceptors (Lipinski definition) is 4. The van der Waals surface area contributed by atoms with Gasteiger partial charge in [0.05, 0.1) is 11.8 Å². The van der Waals surface area contributed by atoms with Crippen LogP contribution in [0.3, 0.4) is 0 Å². The fourth-order valence-electron chi connectivity index (χ4n) is 3.88. The topological polar surface area (TPSA) is 49.9 Å². The van der Waals surface area contributed by atoms with Crippen LogP contribution in [0.4, 0.5) is 5.00 Å². The molecule has 0 spiro atoms. The first-order valence-corrected chi connectivity index (χ1v) is 12.4. The molecule has 0 aliphatic carbocycles. The highest BCUT2D eigenvalue weighted by Crippen LogP contribution is 2.31. The Morgan fingerprint density at radius 2 is 1.76 bits per heavy atom. The first-order valence-electron chi connectivity index (χ1n) is 11.6. The Morgan fingerprint density at radius 3 is 2.47 bits per heavy atom. The molecule has 0 atom stereocenters. The van der Waals surface area contributed by atoms with Crippen LogP contribution in [0, 0.1) is 20.8 Å². The van der Waals surface area contributed by atoms with Crippen LogP contribution in [0.25, 0.3) is 11.1 Å². The van der Waals surface area contributed by atoms with Crippen LogP contribution in [0.5, 0.6) is 0 Å². The van der Waals surface area contributed by atoms with Crippen molar-refractivity contribution in [3.8, 4) is 11.1 Å². The number of nitrogens with one attached hydrogen (secondary N) is 1. The van der Waals surface area contributed by atoms with Crippen LogP contribution >= 0.6 is 11.3 Å². The number of furan rings is 1. The molecule has 34 heavy (non-hydrogen) atoms. The SMILES string of the molecule is C=N/C(=N\c1sc(C)cc1CNCCCc1ccc(-c2ccc(C)c(C)c2)cc1)c1ccoc1. The third-order valence-electron chi connectivity index (χ3n) is 5.98. The summed E-state index contributed by atoms with van der Waals surface area (Å²) >= 11 is 1.67. The van der Waals surface area contributed by atoms with Crippen LogP contribution < -0.4 is 5.32 Å². The zero-order valence-corrected chi connectivity index (χ0v) is 20.9. The molecule has 0 aliphatic heterocycles. The molecule has 0 saturated heterocycles. The van der Waals surface area contributed by atoms with Gasteiger partial charge in [-0.2, -0.15) is 0 Å². The molecule has 0 amide bonds. The first kappa shape index (κ1) is 23.9. The third-order valence-corrected chi connectivity index (χ3v) is 6.96. The molecule has 0 unspecified atom stereocenters. The minimum atomic E-state index is 0.584. The monoisotopic (exact) mass is 469 g/mol. The molecule has 0 saturated carbocycles. The van der Waals surface area contributed by atoms with E-state index in [0.717, 1.165) is 36.5 Å². The zero-order chi connectivity index (χ0) is 23.9. The maximum Gasteiger partial charge on any atom is 0.163 e. The van der Waals surface area contributed by atoms with E-state index < -0.39 is 0 Å². The van der Waals surface area contributed by atoms with E-state index in [-0.39, 0.29) is 0 Å². The van der Waals surface area contributed by atoms with Crippen molar-refractivity contribution < 1.29 is 4.42 Å². The van der Waals surface area contributed by atoms with E-state index in [1.54, 1.807) is 23.9 Å². The number of benzene rings is 2. The van der Waals surface area contributed by atoms with Gasteiger partial charge >= 0.3 is 0 Å². The van der Waals surface area contributed by atoms with E-state index in [2.05, 4.69) is 86.3 Å². The summed E-state index contributed by atoms with van der Waals surface area (Å²) in [6, 6.07) is 19.7. The van der Waals surface area contributed by atoms with Crippen molar-refractivity contribution in [1.82, 2.24) is 5.32 Å². The molecule has 0 fully saturated rings. The van der Waals surface area contributed by atoms with Crippen LogP contribution in [0.2, 0.25) is 0 Å².